The van der Waals surface area contributed by atoms with Crippen LogP contribution in [-0.4, -0.2) is 23.2 Å². The normalized spacial score (nSPS) is 21.0. The Morgan fingerprint density at radius 2 is 2.14 bits per heavy atom. The highest BCUT2D eigenvalue weighted by Crippen LogP contribution is 2.34. The molecule has 1 atom stereocenters. The van der Waals surface area contributed by atoms with Crippen molar-refractivity contribution in [3.8, 4) is 0 Å². The first kappa shape index (κ1) is 15.8. The predicted octanol–water partition coefficient (Wildman–Crippen LogP) is 4.05. The van der Waals surface area contributed by atoms with Gasteiger partial charge in [-0.15, -0.1) is 0 Å². The molecule has 5 heteroatoms. The Balaban J connectivity index is 2.15. The zero-order chi connectivity index (χ0) is 15.5. The Morgan fingerprint density at radius 3 is 2.76 bits per heavy atom. The summed E-state index contributed by atoms with van der Waals surface area (Å²) < 4.78 is 5.98. The lowest BCUT2D eigenvalue weighted by Gasteiger charge is -2.40. The van der Waals surface area contributed by atoms with Crippen LogP contribution in [0.3, 0.4) is 0 Å². The summed E-state index contributed by atoms with van der Waals surface area (Å²) in [5.74, 6) is 0. The van der Waals surface area contributed by atoms with E-state index in [0.29, 0.717) is 11.6 Å². The summed E-state index contributed by atoms with van der Waals surface area (Å²) in [4.78, 5) is 10.7. The van der Waals surface area contributed by atoms with Gasteiger partial charge in [0.25, 0.3) is 5.69 Å². The highest BCUT2D eigenvalue weighted by atomic mass is 16.6. The average Bonchev–Trinajstić information content (AvgIpc) is 2.49. The molecule has 1 aromatic carbocycles. The number of nitrogens with zero attached hydrogens (tertiary/aromatic N) is 1. The van der Waals surface area contributed by atoms with Crippen molar-refractivity contribution in [3.63, 3.8) is 0 Å². The first-order valence-electron chi connectivity index (χ1n) is 7.66. The molecule has 0 aliphatic carbocycles. The Morgan fingerprint density at radius 1 is 1.43 bits per heavy atom. The van der Waals surface area contributed by atoms with Gasteiger partial charge in [0.2, 0.25) is 0 Å². The molecule has 0 amide bonds. The molecule has 0 radical (unpaired) electrons. The minimum Gasteiger partial charge on any atom is -0.382 e. The second kappa shape index (κ2) is 6.43. The molecule has 1 aliphatic rings. The van der Waals surface area contributed by atoms with E-state index in [-0.39, 0.29) is 16.2 Å². The summed E-state index contributed by atoms with van der Waals surface area (Å²) in [5.41, 5.74) is 1.68. The van der Waals surface area contributed by atoms with Gasteiger partial charge in [-0.2, -0.15) is 0 Å². The van der Waals surface area contributed by atoms with Crippen LogP contribution in [0, 0.1) is 17.0 Å². The predicted molar refractivity (Wildman–Crippen MR) is 83.7 cm³/mol. The number of nitro benzene ring substituents is 1. The number of rotatable bonds is 5. The number of anilines is 1. The highest BCUT2D eigenvalue weighted by molar-refractivity contribution is 5.60. The van der Waals surface area contributed by atoms with Gasteiger partial charge in [0.05, 0.1) is 10.5 Å². The third-order valence-corrected chi connectivity index (χ3v) is 4.64. The van der Waals surface area contributed by atoms with Gasteiger partial charge in [-0.05, 0) is 38.7 Å². The Hall–Kier alpha value is -1.62. The minimum atomic E-state index is -0.327. The Labute approximate surface area is 125 Å². The first-order chi connectivity index (χ1) is 10.0. The maximum atomic E-state index is 11.0. The van der Waals surface area contributed by atoms with E-state index < -0.39 is 0 Å². The average molecular weight is 292 g/mol. The van der Waals surface area contributed by atoms with E-state index in [4.69, 9.17) is 4.74 Å². The second-order valence-electron chi connectivity index (χ2n) is 5.78. The number of hydrogen-bond donors (Lipinski definition) is 1. The fourth-order valence-corrected chi connectivity index (χ4v) is 3.09. The van der Waals surface area contributed by atoms with Gasteiger partial charge in [0, 0.05) is 30.0 Å². The van der Waals surface area contributed by atoms with Crippen molar-refractivity contribution >= 4 is 11.4 Å². The van der Waals surface area contributed by atoms with Gasteiger partial charge in [-0.1, -0.05) is 19.9 Å². The molecule has 0 bridgehead atoms. The zero-order valence-electron chi connectivity index (χ0n) is 13.0. The highest BCUT2D eigenvalue weighted by Gasteiger charge is 2.34. The Bertz CT molecular complexity index is 512. The van der Waals surface area contributed by atoms with Gasteiger partial charge in [0.15, 0.2) is 0 Å². The molecule has 1 aromatic rings. The number of hydrogen-bond acceptors (Lipinski definition) is 4. The van der Waals surface area contributed by atoms with Crippen LogP contribution in [0.15, 0.2) is 18.2 Å². The van der Waals surface area contributed by atoms with Crippen molar-refractivity contribution in [2.75, 3.05) is 11.9 Å². The van der Waals surface area contributed by atoms with E-state index in [0.717, 1.165) is 38.0 Å². The molecule has 1 fully saturated rings. The van der Waals surface area contributed by atoms with E-state index in [1.165, 1.54) is 0 Å². The van der Waals surface area contributed by atoms with Gasteiger partial charge in [0.1, 0.15) is 0 Å². The van der Waals surface area contributed by atoms with Crippen LogP contribution in [0.1, 0.15) is 45.1 Å². The van der Waals surface area contributed by atoms with Gasteiger partial charge >= 0.3 is 0 Å². The molecule has 1 unspecified atom stereocenters. The first-order valence-corrected chi connectivity index (χ1v) is 7.66. The minimum absolute atomic E-state index is 0.0511. The standard InChI is InChI=1S/C16H24N2O3/c1-4-16(5-2)11-13(9-10-21-16)17-14-7-6-8-15(12(14)3)18(19)20/h6-8,13,17H,4-5,9-11H2,1-3H3. The third-order valence-electron chi connectivity index (χ3n) is 4.64. The second-order valence-corrected chi connectivity index (χ2v) is 5.78. The SMILES string of the molecule is CCC1(CC)CC(Nc2cccc([N+](=O)[O-])c2C)CCO1. The van der Waals surface area contributed by atoms with Crippen LogP contribution in [0.4, 0.5) is 11.4 Å². The number of nitro groups is 1. The molecule has 2 rings (SSSR count). The van der Waals surface area contributed by atoms with E-state index >= 15 is 0 Å². The van der Waals surface area contributed by atoms with Crippen molar-refractivity contribution in [3.05, 3.63) is 33.9 Å². The van der Waals surface area contributed by atoms with E-state index in [2.05, 4.69) is 19.2 Å². The van der Waals surface area contributed by atoms with E-state index in [1.54, 1.807) is 19.1 Å². The van der Waals surface area contributed by atoms with E-state index in [1.807, 2.05) is 6.07 Å². The van der Waals surface area contributed by atoms with Crippen molar-refractivity contribution < 1.29 is 9.66 Å². The summed E-state index contributed by atoms with van der Waals surface area (Å²) >= 11 is 0. The van der Waals surface area contributed by atoms with Crippen LogP contribution in [0.2, 0.25) is 0 Å². The van der Waals surface area contributed by atoms with Gasteiger partial charge < -0.3 is 10.1 Å². The van der Waals surface area contributed by atoms with Gasteiger partial charge in [-0.25, -0.2) is 0 Å². The topological polar surface area (TPSA) is 64.4 Å². The number of benzene rings is 1. The van der Waals surface area contributed by atoms with Crippen LogP contribution in [0.5, 0.6) is 0 Å². The molecule has 116 valence electrons. The molecule has 1 N–H and O–H groups in total. The zero-order valence-corrected chi connectivity index (χ0v) is 13.0. The lowest BCUT2D eigenvalue weighted by atomic mass is 9.85. The number of ether oxygens (including phenoxy) is 1. The Kier molecular flexibility index (Phi) is 4.83. The molecule has 0 spiro atoms. The van der Waals surface area contributed by atoms with Crippen molar-refractivity contribution in [2.24, 2.45) is 0 Å². The maximum Gasteiger partial charge on any atom is 0.274 e. The fourth-order valence-electron chi connectivity index (χ4n) is 3.09. The third kappa shape index (κ3) is 3.35. The number of nitrogens with one attached hydrogen (secondary N) is 1. The van der Waals surface area contributed by atoms with Crippen molar-refractivity contribution in [1.29, 1.82) is 0 Å². The summed E-state index contributed by atoms with van der Waals surface area (Å²) in [6.07, 6.45) is 3.87. The van der Waals surface area contributed by atoms with E-state index in [9.17, 15) is 10.1 Å². The molecular formula is C16H24N2O3. The molecular weight excluding hydrogens is 268 g/mol. The summed E-state index contributed by atoms with van der Waals surface area (Å²) in [7, 11) is 0. The smallest absolute Gasteiger partial charge is 0.274 e. The summed E-state index contributed by atoms with van der Waals surface area (Å²) in [5, 5.41) is 14.5. The summed E-state index contributed by atoms with van der Waals surface area (Å²) in [6.45, 7) is 6.86. The fraction of sp³-hybridized carbons (Fsp3) is 0.625. The van der Waals surface area contributed by atoms with Crippen LogP contribution in [-0.2, 0) is 4.74 Å². The van der Waals surface area contributed by atoms with Crippen LogP contribution >= 0.6 is 0 Å². The molecule has 1 saturated heterocycles. The maximum absolute atomic E-state index is 11.0. The molecule has 0 saturated carbocycles. The largest absolute Gasteiger partial charge is 0.382 e. The molecule has 0 aromatic heterocycles. The van der Waals surface area contributed by atoms with Crippen LogP contribution in [0.25, 0.3) is 0 Å². The lowest BCUT2D eigenvalue weighted by Crippen LogP contribution is -2.43. The van der Waals surface area contributed by atoms with Crippen molar-refractivity contribution in [1.82, 2.24) is 0 Å². The monoisotopic (exact) mass is 292 g/mol. The van der Waals surface area contributed by atoms with Crippen LogP contribution < -0.4 is 5.32 Å². The molecule has 1 heterocycles. The summed E-state index contributed by atoms with van der Waals surface area (Å²) in [6, 6.07) is 5.50. The molecule has 5 nitrogen and oxygen atoms in total. The molecule has 21 heavy (non-hydrogen) atoms. The van der Waals surface area contributed by atoms with Gasteiger partial charge in [-0.3, -0.25) is 10.1 Å². The lowest BCUT2D eigenvalue weighted by molar-refractivity contribution is -0.385. The quantitative estimate of drug-likeness (QED) is 0.656. The molecule has 1 aliphatic heterocycles. The van der Waals surface area contributed by atoms with Crippen molar-refractivity contribution in [2.45, 2.75) is 58.1 Å².